The van der Waals surface area contributed by atoms with Gasteiger partial charge in [0.1, 0.15) is 18.2 Å². The Morgan fingerprint density at radius 3 is 2.77 bits per heavy atom. The van der Waals surface area contributed by atoms with Crippen LogP contribution in [0, 0.1) is 11.3 Å². The maximum absolute atomic E-state index is 12.9. The Kier molecular flexibility index (Phi) is 4.59. The predicted octanol–water partition coefficient (Wildman–Crippen LogP) is 1.48. The number of pyridine rings is 1. The smallest absolute Gasteiger partial charge is 0.339 e. The van der Waals surface area contributed by atoms with Crippen LogP contribution in [0.25, 0.3) is 0 Å². The molecule has 0 saturated carbocycles. The van der Waals surface area contributed by atoms with Gasteiger partial charge in [0.2, 0.25) is 5.91 Å². The molecule has 1 amide bonds. The average Bonchev–Trinajstić information content (AvgIpc) is 2.98. The summed E-state index contributed by atoms with van der Waals surface area (Å²) >= 11 is 0. The Hall–Kier alpha value is -3.40. The fraction of sp³-hybridized carbons (Fsp3) is 0.263. The second-order valence-electron chi connectivity index (χ2n) is 6.12. The number of esters is 1. The molecule has 1 aromatic heterocycles. The van der Waals surface area contributed by atoms with Crippen LogP contribution >= 0.6 is 0 Å². The number of benzene rings is 1. The number of hydrogen-bond acceptors (Lipinski definition) is 5. The number of carbonyl (C=O) groups excluding carboxylic acids is 2. The van der Waals surface area contributed by atoms with Gasteiger partial charge < -0.3 is 14.2 Å². The second-order valence-corrected chi connectivity index (χ2v) is 6.12. The van der Waals surface area contributed by atoms with Crippen molar-refractivity contribution in [3.63, 3.8) is 0 Å². The van der Waals surface area contributed by atoms with Gasteiger partial charge in [-0.15, -0.1) is 0 Å². The topological polar surface area (TPSA) is 92.4 Å². The number of nitrogens with zero attached hydrogens (tertiary/aromatic N) is 3. The van der Waals surface area contributed by atoms with Crippen molar-refractivity contribution in [3.8, 4) is 6.07 Å². The predicted molar refractivity (Wildman–Crippen MR) is 93.9 cm³/mol. The lowest BCUT2D eigenvalue weighted by molar-refractivity contribution is -0.119. The molecule has 0 saturated heterocycles. The zero-order valence-electron chi connectivity index (χ0n) is 14.4. The normalized spacial score (nSPS) is 15.3. The molecular weight excluding hydrogens is 334 g/mol. The Morgan fingerprint density at radius 1 is 1.35 bits per heavy atom. The van der Waals surface area contributed by atoms with Crippen molar-refractivity contribution < 1.29 is 14.3 Å². The molecular formula is C19H17N3O4. The number of methoxy groups -OCH3 is 1. The minimum Gasteiger partial charge on any atom is -0.465 e. The summed E-state index contributed by atoms with van der Waals surface area (Å²) in [7, 11) is 1.21. The van der Waals surface area contributed by atoms with Crippen LogP contribution in [0.4, 0.5) is 5.69 Å². The van der Waals surface area contributed by atoms with Gasteiger partial charge in [-0.25, -0.2) is 4.79 Å². The Bertz CT molecular complexity index is 987. The molecule has 0 bridgehead atoms. The van der Waals surface area contributed by atoms with Crippen LogP contribution in [0.5, 0.6) is 0 Å². The summed E-state index contributed by atoms with van der Waals surface area (Å²) in [6.07, 6.45) is 1.99. The van der Waals surface area contributed by atoms with Gasteiger partial charge in [-0.1, -0.05) is 18.2 Å². The van der Waals surface area contributed by atoms with E-state index in [2.05, 4.69) is 4.74 Å². The molecule has 2 aromatic rings. The van der Waals surface area contributed by atoms with Crippen molar-refractivity contribution in [1.29, 1.82) is 5.26 Å². The van der Waals surface area contributed by atoms with Crippen LogP contribution < -0.4 is 10.5 Å². The highest BCUT2D eigenvalue weighted by Crippen LogP contribution is 2.31. The second kappa shape index (κ2) is 6.84. The molecule has 0 fully saturated rings. The Labute approximate surface area is 150 Å². The molecule has 0 radical (unpaired) electrons. The molecule has 132 valence electrons. The summed E-state index contributed by atoms with van der Waals surface area (Å²) in [5.74, 6) is -0.960. The van der Waals surface area contributed by atoms with Gasteiger partial charge in [0.15, 0.2) is 0 Å². The van der Waals surface area contributed by atoms with Crippen molar-refractivity contribution in [3.05, 3.63) is 63.6 Å². The molecule has 1 aliphatic heterocycles. The summed E-state index contributed by atoms with van der Waals surface area (Å²) in [6.45, 7) is 1.67. The molecule has 1 unspecified atom stereocenters. The summed E-state index contributed by atoms with van der Waals surface area (Å²) in [4.78, 5) is 38.6. The van der Waals surface area contributed by atoms with E-state index in [-0.39, 0.29) is 29.6 Å². The quantitative estimate of drug-likeness (QED) is 0.781. The molecule has 7 nitrogen and oxygen atoms in total. The van der Waals surface area contributed by atoms with E-state index in [0.29, 0.717) is 0 Å². The van der Waals surface area contributed by atoms with Gasteiger partial charge in [-0.05, 0) is 31.0 Å². The number of carbonyl (C=O) groups is 2. The fourth-order valence-corrected chi connectivity index (χ4v) is 3.23. The summed E-state index contributed by atoms with van der Waals surface area (Å²) < 4.78 is 5.72. The first-order chi connectivity index (χ1) is 12.5. The lowest BCUT2D eigenvalue weighted by atomic mass is 10.1. The SMILES string of the molecule is COC(=O)c1cc(C#N)c(=O)n(CC(=O)N2c3ccccc3CC2C)c1. The third-order valence-electron chi connectivity index (χ3n) is 4.41. The lowest BCUT2D eigenvalue weighted by Gasteiger charge is -2.23. The number of aromatic nitrogens is 1. The van der Waals surface area contributed by atoms with Crippen molar-refractivity contribution in [1.82, 2.24) is 4.57 Å². The molecule has 1 aliphatic rings. The Balaban J connectivity index is 1.96. The standard InChI is InChI=1S/C19H17N3O4/c1-12-7-13-5-3-4-6-16(13)22(12)17(23)11-21-10-15(19(25)26-2)8-14(9-20)18(21)24/h3-6,8,10,12H,7,11H2,1-2H3. The zero-order valence-corrected chi connectivity index (χ0v) is 14.4. The molecule has 1 aromatic carbocycles. The molecule has 2 heterocycles. The lowest BCUT2D eigenvalue weighted by Crippen LogP contribution is -2.40. The third kappa shape index (κ3) is 2.97. The maximum Gasteiger partial charge on any atom is 0.339 e. The van der Waals surface area contributed by atoms with Gasteiger partial charge in [-0.2, -0.15) is 5.26 Å². The van der Waals surface area contributed by atoms with Crippen molar-refractivity contribution in [2.45, 2.75) is 25.9 Å². The first kappa shape index (κ1) is 17.4. The van der Waals surface area contributed by atoms with E-state index in [1.54, 1.807) is 11.0 Å². The molecule has 0 N–H and O–H groups in total. The Morgan fingerprint density at radius 2 is 2.08 bits per heavy atom. The van der Waals surface area contributed by atoms with Crippen LogP contribution in [-0.4, -0.2) is 29.6 Å². The number of nitriles is 1. The first-order valence-electron chi connectivity index (χ1n) is 8.09. The highest BCUT2D eigenvalue weighted by Gasteiger charge is 2.30. The van der Waals surface area contributed by atoms with Crippen LogP contribution in [0.3, 0.4) is 0 Å². The minimum absolute atomic E-state index is 0.0326. The molecule has 3 rings (SSSR count). The third-order valence-corrected chi connectivity index (χ3v) is 4.41. The number of anilines is 1. The van der Waals surface area contributed by atoms with Crippen molar-refractivity contribution in [2.75, 3.05) is 12.0 Å². The van der Waals surface area contributed by atoms with Crippen molar-refractivity contribution in [2.24, 2.45) is 0 Å². The number of rotatable bonds is 3. The zero-order chi connectivity index (χ0) is 18.8. The minimum atomic E-state index is -0.678. The van der Waals surface area contributed by atoms with Gasteiger partial charge in [0, 0.05) is 17.9 Å². The van der Waals surface area contributed by atoms with Gasteiger partial charge in [0.25, 0.3) is 5.56 Å². The van der Waals surface area contributed by atoms with E-state index in [4.69, 9.17) is 5.26 Å². The number of ether oxygens (including phenoxy) is 1. The van der Waals surface area contributed by atoms with Gasteiger partial charge >= 0.3 is 5.97 Å². The summed E-state index contributed by atoms with van der Waals surface area (Å²) in [5, 5.41) is 9.13. The first-order valence-corrected chi connectivity index (χ1v) is 8.09. The van der Waals surface area contributed by atoms with E-state index < -0.39 is 11.5 Å². The van der Waals surface area contributed by atoms with Gasteiger partial charge in [0.05, 0.1) is 12.7 Å². The average molecular weight is 351 g/mol. The molecule has 7 heteroatoms. The number of hydrogen-bond donors (Lipinski definition) is 0. The molecule has 0 aliphatic carbocycles. The summed E-state index contributed by atoms with van der Waals surface area (Å²) in [6, 6.07) is 10.5. The van der Waals surface area contributed by atoms with Crippen LogP contribution in [0.1, 0.15) is 28.4 Å². The van der Waals surface area contributed by atoms with E-state index in [1.165, 1.54) is 19.4 Å². The number of amides is 1. The monoisotopic (exact) mass is 351 g/mol. The highest BCUT2D eigenvalue weighted by atomic mass is 16.5. The molecule has 26 heavy (non-hydrogen) atoms. The van der Waals surface area contributed by atoms with Crippen molar-refractivity contribution >= 4 is 17.6 Å². The number of para-hydroxylation sites is 1. The fourth-order valence-electron chi connectivity index (χ4n) is 3.23. The number of fused-ring (bicyclic) bond motifs is 1. The molecule has 0 spiro atoms. The van der Waals surface area contributed by atoms with Crippen LogP contribution in [-0.2, 0) is 22.5 Å². The maximum atomic E-state index is 12.9. The summed E-state index contributed by atoms with van der Waals surface area (Å²) in [5.41, 5.74) is 1.11. The highest BCUT2D eigenvalue weighted by molar-refractivity contribution is 5.96. The largest absolute Gasteiger partial charge is 0.465 e. The van der Waals surface area contributed by atoms with E-state index in [9.17, 15) is 14.4 Å². The van der Waals surface area contributed by atoms with Crippen LogP contribution in [0.15, 0.2) is 41.3 Å². The van der Waals surface area contributed by atoms with Gasteiger partial charge in [-0.3, -0.25) is 9.59 Å². The molecule has 1 atom stereocenters. The van der Waals surface area contributed by atoms with Crippen LogP contribution in [0.2, 0.25) is 0 Å². The van der Waals surface area contributed by atoms with E-state index in [0.717, 1.165) is 22.2 Å². The van der Waals surface area contributed by atoms with E-state index in [1.807, 2.05) is 31.2 Å². The van der Waals surface area contributed by atoms with E-state index >= 15 is 0 Å².